The second kappa shape index (κ2) is 10.00. The van der Waals surface area contributed by atoms with E-state index in [2.05, 4.69) is 15.5 Å². The molecule has 8 heteroatoms. The van der Waals surface area contributed by atoms with E-state index >= 15 is 0 Å². The quantitative estimate of drug-likeness (QED) is 0.818. The number of nitrogens with one attached hydrogen (secondary N) is 1. The van der Waals surface area contributed by atoms with Gasteiger partial charge < -0.3 is 15.6 Å². The van der Waals surface area contributed by atoms with E-state index in [1.54, 1.807) is 6.33 Å². The fraction of sp³-hybridized carbons (Fsp3) is 0.727. The number of aromatic nitrogens is 3. The van der Waals surface area contributed by atoms with Crippen molar-refractivity contribution >= 4 is 30.7 Å². The van der Waals surface area contributed by atoms with E-state index in [1.165, 1.54) is 0 Å². The zero-order chi connectivity index (χ0) is 12.8. The van der Waals surface area contributed by atoms with Gasteiger partial charge in [0.05, 0.1) is 6.04 Å². The Morgan fingerprint density at radius 1 is 1.47 bits per heavy atom. The number of rotatable bonds is 6. The molecule has 0 unspecified atom stereocenters. The van der Waals surface area contributed by atoms with Crippen LogP contribution in [0.1, 0.15) is 26.1 Å². The maximum absolute atomic E-state index is 11.6. The molecular formula is C11H23Cl2N5O. The summed E-state index contributed by atoms with van der Waals surface area (Å²) >= 11 is 0. The third-order valence-corrected chi connectivity index (χ3v) is 2.52. The third kappa shape index (κ3) is 7.34. The van der Waals surface area contributed by atoms with Gasteiger partial charge in [0.2, 0.25) is 5.91 Å². The topological polar surface area (TPSA) is 85.8 Å². The molecule has 0 radical (unpaired) electrons. The molecule has 0 saturated heterocycles. The standard InChI is InChI=1S/C11H21N5O.2ClH/c1-8(2)6-10(12)11(17)13-4-5-16-7-14-15-9(16)3;;/h7-8,10H,4-6,12H2,1-3H3,(H,13,17);2*1H/t10-;;/m0../s1. The van der Waals surface area contributed by atoms with Gasteiger partial charge in [-0.1, -0.05) is 13.8 Å². The minimum Gasteiger partial charge on any atom is -0.353 e. The lowest BCUT2D eigenvalue weighted by Crippen LogP contribution is -2.42. The minimum atomic E-state index is -0.419. The van der Waals surface area contributed by atoms with Gasteiger partial charge in [0.15, 0.2) is 0 Å². The van der Waals surface area contributed by atoms with Crippen LogP contribution in [0.15, 0.2) is 6.33 Å². The first-order chi connectivity index (χ1) is 8.00. The molecular weight excluding hydrogens is 289 g/mol. The van der Waals surface area contributed by atoms with Gasteiger partial charge in [0.25, 0.3) is 0 Å². The van der Waals surface area contributed by atoms with Gasteiger partial charge in [-0.15, -0.1) is 35.0 Å². The van der Waals surface area contributed by atoms with Gasteiger partial charge in [-0.3, -0.25) is 4.79 Å². The summed E-state index contributed by atoms with van der Waals surface area (Å²) in [5.74, 6) is 1.17. The van der Waals surface area contributed by atoms with Crippen molar-refractivity contribution in [2.45, 2.75) is 39.8 Å². The smallest absolute Gasteiger partial charge is 0.236 e. The Morgan fingerprint density at radius 2 is 2.11 bits per heavy atom. The summed E-state index contributed by atoms with van der Waals surface area (Å²) in [5.41, 5.74) is 5.76. The van der Waals surface area contributed by atoms with Gasteiger partial charge in [-0.25, -0.2) is 0 Å². The molecule has 0 bridgehead atoms. The van der Waals surface area contributed by atoms with Crippen LogP contribution in [-0.2, 0) is 11.3 Å². The Bertz CT molecular complexity index is 370. The number of amides is 1. The van der Waals surface area contributed by atoms with E-state index in [4.69, 9.17) is 5.73 Å². The Balaban J connectivity index is 0. The van der Waals surface area contributed by atoms with E-state index < -0.39 is 6.04 Å². The van der Waals surface area contributed by atoms with Crippen LogP contribution in [0.3, 0.4) is 0 Å². The van der Waals surface area contributed by atoms with Crippen molar-refractivity contribution in [3.05, 3.63) is 12.2 Å². The number of carbonyl (C=O) groups excluding carboxylic acids is 1. The lowest BCUT2D eigenvalue weighted by atomic mass is 10.0. The normalized spacial score (nSPS) is 11.4. The first-order valence-corrected chi connectivity index (χ1v) is 5.88. The van der Waals surface area contributed by atoms with Crippen LogP contribution in [0.5, 0.6) is 0 Å². The Labute approximate surface area is 126 Å². The van der Waals surface area contributed by atoms with Crippen LogP contribution in [0.25, 0.3) is 0 Å². The van der Waals surface area contributed by atoms with Gasteiger partial charge in [0, 0.05) is 13.1 Å². The molecule has 19 heavy (non-hydrogen) atoms. The Hall–Kier alpha value is -0.850. The molecule has 0 aliphatic rings. The molecule has 1 amide bonds. The molecule has 112 valence electrons. The molecule has 1 atom stereocenters. The van der Waals surface area contributed by atoms with Crippen molar-refractivity contribution in [1.29, 1.82) is 0 Å². The Kier molecular flexibility index (Phi) is 10.8. The van der Waals surface area contributed by atoms with E-state index in [1.807, 2.05) is 25.3 Å². The van der Waals surface area contributed by atoms with E-state index in [0.717, 1.165) is 5.82 Å². The summed E-state index contributed by atoms with van der Waals surface area (Å²) < 4.78 is 1.88. The molecule has 3 N–H and O–H groups in total. The average molecular weight is 312 g/mol. The van der Waals surface area contributed by atoms with Crippen LogP contribution >= 0.6 is 24.8 Å². The molecule has 6 nitrogen and oxygen atoms in total. The average Bonchev–Trinajstić information content (AvgIpc) is 2.63. The fourth-order valence-corrected chi connectivity index (χ4v) is 1.58. The van der Waals surface area contributed by atoms with Crippen LogP contribution in [0, 0.1) is 12.8 Å². The van der Waals surface area contributed by atoms with Crippen molar-refractivity contribution in [2.24, 2.45) is 11.7 Å². The molecule has 0 aliphatic carbocycles. The number of nitrogens with zero attached hydrogens (tertiary/aromatic N) is 3. The van der Waals surface area contributed by atoms with Crippen LogP contribution in [0.4, 0.5) is 0 Å². The highest BCUT2D eigenvalue weighted by Crippen LogP contribution is 2.02. The van der Waals surface area contributed by atoms with Crippen molar-refractivity contribution in [1.82, 2.24) is 20.1 Å². The van der Waals surface area contributed by atoms with Gasteiger partial charge >= 0.3 is 0 Å². The number of aryl methyl sites for hydroxylation is 1. The summed E-state index contributed by atoms with van der Waals surface area (Å²) in [7, 11) is 0. The third-order valence-electron chi connectivity index (χ3n) is 2.52. The van der Waals surface area contributed by atoms with E-state index in [0.29, 0.717) is 25.4 Å². The number of hydrogen-bond acceptors (Lipinski definition) is 4. The minimum absolute atomic E-state index is 0. The molecule has 1 aromatic heterocycles. The fourth-order valence-electron chi connectivity index (χ4n) is 1.58. The SMILES string of the molecule is Cc1nncn1CCNC(=O)[C@@H](N)CC(C)C.Cl.Cl. The van der Waals surface area contributed by atoms with Crippen molar-refractivity contribution in [2.75, 3.05) is 6.54 Å². The summed E-state index contributed by atoms with van der Waals surface area (Å²) in [6, 6.07) is -0.419. The van der Waals surface area contributed by atoms with Gasteiger partial charge in [0.1, 0.15) is 12.2 Å². The maximum atomic E-state index is 11.6. The Morgan fingerprint density at radius 3 is 2.58 bits per heavy atom. The molecule has 0 saturated carbocycles. The maximum Gasteiger partial charge on any atom is 0.236 e. The second-order valence-electron chi connectivity index (χ2n) is 4.60. The van der Waals surface area contributed by atoms with Crippen LogP contribution in [0.2, 0.25) is 0 Å². The second-order valence-corrected chi connectivity index (χ2v) is 4.60. The number of carbonyl (C=O) groups is 1. The van der Waals surface area contributed by atoms with Crippen LogP contribution < -0.4 is 11.1 Å². The molecule has 1 aromatic rings. The van der Waals surface area contributed by atoms with Crippen molar-refractivity contribution in [3.63, 3.8) is 0 Å². The van der Waals surface area contributed by atoms with Gasteiger partial charge in [-0.2, -0.15) is 0 Å². The molecule has 1 rings (SSSR count). The summed E-state index contributed by atoms with van der Waals surface area (Å²) in [6.07, 6.45) is 2.35. The zero-order valence-corrected chi connectivity index (χ0v) is 13.1. The predicted molar refractivity (Wildman–Crippen MR) is 79.7 cm³/mol. The summed E-state index contributed by atoms with van der Waals surface area (Å²) in [4.78, 5) is 11.6. The monoisotopic (exact) mass is 311 g/mol. The lowest BCUT2D eigenvalue weighted by molar-refractivity contribution is -0.122. The highest BCUT2D eigenvalue weighted by molar-refractivity contribution is 5.85. The van der Waals surface area contributed by atoms with E-state index in [9.17, 15) is 4.79 Å². The molecule has 0 aliphatic heterocycles. The zero-order valence-electron chi connectivity index (χ0n) is 11.5. The highest BCUT2D eigenvalue weighted by atomic mass is 35.5. The number of hydrogen-bond donors (Lipinski definition) is 2. The van der Waals surface area contributed by atoms with Crippen LogP contribution in [-0.4, -0.2) is 33.3 Å². The number of halogens is 2. The van der Waals surface area contributed by atoms with E-state index in [-0.39, 0.29) is 30.7 Å². The largest absolute Gasteiger partial charge is 0.353 e. The van der Waals surface area contributed by atoms with Crippen molar-refractivity contribution < 1.29 is 4.79 Å². The van der Waals surface area contributed by atoms with Gasteiger partial charge in [-0.05, 0) is 19.3 Å². The summed E-state index contributed by atoms with van der Waals surface area (Å²) in [6.45, 7) is 7.18. The number of nitrogens with two attached hydrogens (primary N) is 1. The predicted octanol–water partition coefficient (Wildman–Crippen LogP) is 0.920. The molecule has 0 spiro atoms. The molecule has 1 heterocycles. The van der Waals surface area contributed by atoms with Crippen molar-refractivity contribution in [3.8, 4) is 0 Å². The highest BCUT2D eigenvalue weighted by Gasteiger charge is 2.14. The molecule has 0 aromatic carbocycles. The first kappa shape index (κ1) is 20.5. The molecule has 0 fully saturated rings. The summed E-state index contributed by atoms with van der Waals surface area (Å²) in [5, 5.41) is 10.4. The lowest BCUT2D eigenvalue weighted by Gasteiger charge is -2.14. The first-order valence-electron chi connectivity index (χ1n) is 5.88.